The van der Waals surface area contributed by atoms with E-state index in [1.165, 1.54) is 0 Å². The van der Waals surface area contributed by atoms with E-state index in [4.69, 9.17) is 9.26 Å². The second-order valence-corrected chi connectivity index (χ2v) is 6.20. The third-order valence-corrected chi connectivity index (χ3v) is 4.07. The van der Waals surface area contributed by atoms with Crippen LogP contribution in [0.25, 0.3) is 22.2 Å². The van der Waals surface area contributed by atoms with Crippen molar-refractivity contribution in [3.05, 3.63) is 59.1 Å². The summed E-state index contributed by atoms with van der Waals surface area (Å²) >= 11 is 6.76. The molecule has 3 nitrogen and oxygen atoms in total. The molecule has 0 aliphatic rings. The van der Waals surface area contributed by atoms with Crippen LogP contribution in [0.4, 0.5) is 0 Å². The van der Waals surface area contributed by atoms with Gasteiger partial charge in [-0.2, -0.15) is 0 Å². The van der Waals surface area contributed by atoms with Gasteiger partial charge in [0.25, 0.3) is 0 Å². The van der Waals surface area contributed by atoms with E-state index in [1.54, 1.807) is 0 Å². The van der Waals surface area contributed by atoms with Crippen molar-refractivity contribution >= 4 is 42.8 Å². The summed E-state index contributed by atoms with van der Waals surface area (Å²) in [6, 6.07) is 13.8. The van der Waals surface area contributed by atoms with Crippen LogP contribution in [0.15, 0.2) is 63.6 Å². The minimum absolute atomic E-state index is 0.533. The van der Waals surface area contributed by atoms with Gasteiger partial charge in [0.1, 0.15) is 18.1 Å². The second kappa shape index (κ2) is 7.11. The first kappa shape index (κ1) is 15.3. The number of aromatic nitrogens is 1. The highest BCUT2D eigenvalue weighted by atomic mass is 79.9. The van der Waals surface area contributed by atoms with Gasteiger partial charge in [0.2, 0.25) is 0 Å². The predicted molar refractivity (Wildman–Crippen MR) is 95.6 cm³/mol. The molecule has 0 amide bonds. The second-order valence-electron chi connectivity index (χ2n) is 4.63. The molecule has 0 unspecified atom stereocenters. The van der Waals surface area contributed by atoms with E-state index in [0.29, 0.717) is 6.61 Å². The fraction of sp³-hybridized carbons (Fsp3) is 0.118. The van der Waals surface area contributed by atoms with Crippen LogP contribution in [0, 0.1) is 0 Å². The van der Waals surface area contributed by atoms with E-state index in [2.05, 4.69) is 37.0 Å². The lowest BCUT2D eigenvalue weighted by atomic mass is 10.1. The molecule has 0 aliphatic carbocycles. The van der Waals surface area contributed by atoms with Gasteiger partial charge in [-0.15, -0.1) is 0 Å². The molecule has 3 aromatic rings. The summed E-state index contributed by atoms with van der Waals surface area (Å²) in [6.07, 6.45) is 3.96. The van der Waals surface area contributed by atoms with Crippen LogP contribution in [0.1, 0.15) is 0 Å². The quantitative estimate of drug-likeness (QED) is 0.397. The SMILES string of the molecule is BrC/C=C/COc1ccc2c(-c3ccc(Br)cc3)noc2c1. The fourth-order valence-corrected chi connectivity index (χ4v) is 2.63. The standard InChI is InChI=1S/C17H13Br2NO2/c18-9-1-2-10-21-14-7-8-15-16(11-14)22-20-17(15)12-3-5-13(19)6-4-12/h1-8,11H,9-10H2/b2-1+. The molecule has 0 bridgehead atoms. The van der Waals surface area contributed by atoms with Gasteiger partial charge in [-0.05, 0) is 24.3 Å². The Morgan fingerprint density at radius 1 is 1.09 bits per heavy atom. The van der Waals surface area contributed by atoms with Crippen LogP contribution in [0.5, 0.6) is 5.75 Å². The van der Waals surface area contributed by atoms with Crippen LogP contribution in [0.2, 0.25) is 0 Å². The molecule has 112 valence electrons. The Kier molecular flexibility index (Phi) is 4.95. The molecule has 2 aromatic carbocycles. The molecule has 3 rings (SSSR count). The van der Waals surface area contributed by atoms with E-state index < -0.39 is 0 Å². The topological polar surface area (TPSA) is 35.3 Å². The molecule has 0 saturated heterocycles. The summed E-state index contributed by atoms with van der Waals surface area (Å²) in [5.41, 5.74) is 2.59. The number of nitrogens with zero attached hydrogens (tertiary/aromatic N) is 1. The molecule has 0 atom stereocenters. The summed E-state index contributed by atoms with van der Waals surface area (Å²) in [5, 5.41) is 5.98. The summed E-state index contributed by atoms with van der Waals surface area (Å²) in [4.78, 5) is 0. The maximum absolute atomic E-state index is 5.65. The van der Waals surface area contributed by atoms with Gasteiger partial charge in [0.05, 0.1) is 0 Å². The Morgan fingerprint density at radius 2 is 1.91 bits per heavy atom. The number of ether oxygens (including phenoxy) is 1. The Labute approximate surface area is 145 Å². The monoisotopic (exact) mass is 421 g/mol. The highest BCUT2D eigenvalue weighted by molar-refractivity contribution is 9.10. The third-order valence-electron chi connectivity index (χ3n) is 3.16. The number of hydrogen-bond acceptors (Lipinski definition) is 3. The first-order valence-corrected chi connectivity index (χ1v) is 8.68. The lowest BCUT2D eigenvalue weighted by Gasteiger charge is -2.02. The van der Waals surface area contributed by atoms with Crippen molar-refractivity contribution < 1.29 is 9.26 Å². The molecule has 1 heterocycles. The number of benzene rings is 2. The number of fused-ring (bicyclic) bond motifs is 1. The highest BCUT2D eigenvalue weighted by Crippen LogP contribution is 2.31. The van der Waals surface area contributed by atoms with Crippen LogP contribution >= 0.6 is 31.9 Å². The van der Waals surface area contributed by atoms with Crippen molar-refractivity contribution in [2.45, 2.75) is 0 Å². The molecule has 0 saturated carbocycles. The van der Waals surface area contributed by atoms with E-state index in [-0.39, 0.29) is 0 Å². The lowest BCUT2D eigenvalue weighted by Crippen LogP contribution is -1.92. The zero-order valence-electron chi connectivity index (χ0n) is 11.6. The Morgan fingerprint density at radius 3 is 2.68 bits per heavy atom. The van der Waals surface area contributed by atoms with E-state index in [0.717, 1.165) is 37.8 Å². The zero-order valence-corrected chi connectivity index (χ0v) is 14.8. The lowest BCUT2D eigenvalue weighted by molar-refractivity contribution is 0.362. The van der Waals surface area contributed by atoms with Gasteiger partial charge in [0, 0.05) is 26.8 Å². The first-order chi connectivity index (χ1) is 10.8. The summed E-state index contributed by atoms with van der Waals surface area (Å²) < 4.78 is 12.1. The molecule has 0 N–H and O–H groups in total. The smallest absolute Gasteiger partial charge is 0.171 e. The zero-order chi connectivity index (χ0) is 15.4. The average Bonchev–Trinajstić information content (AvgIpc) is 2.95. The van der Waals surface area contributed by atoms with Crippen molar-refractivity contribution in [1.82, 2.24) is 5.16 Å². The van der Waals surface area contributed by atoms with Crippen molar-refractivity contribution in [2.75, 3.05) is 11.9 Å². The summed E-state index contributed by atoms with van der Waals surface area (Å²) in [5.74, 6) is 0.769. The molecule has 0 aliphatic heterocycles. The maximum atomic E-state index is 5.65. The van der Waals surface area contributed by atoms with E-state index >= 15 is 0 Å². The Balaban J connectivity index is 1.86. The Hall–Kier alpha value is -1.59. The maximum Gasteiger partial charge on any atom is 0.171 e. The molecule has 22 heavy (non-hydrogen) atoms. The number of rotatable bonds is 5. The average molecular weight is 423 g/mol. The molecular weight excluding hydrogens is 410 g/mol. The number of halogens is 2. The molecule has 0 spiro atoms. The Bertz CT molecular complexity index is 794. The molecular formula is C17H13Br2NO2. The molecule has 1 aromatic heterocycles. The fourth-order valence-electron chi connectivity index (χ4n) is 2.10. The molecule has 0 radical (unpaired) electrons. The van der Waals surface area contributed by atoms with Gasteiger partial charge in [-0.1, -0.05) is 61.3 Å². The predicted octanol–water partition coefficient (Wildman–Crippen LogP) is 5.59. The van der Waals surface area contributed by atoms with Gasteiger partial charge in [-0.25, -0.2) is 0 Å². The van der Waals surface area contributed by atoms with Crippen LogP contribution < -0.4 is 4.74 Å². The van der Waals surface area contributed by atoms with Crippen LogP contribution in [-0.4, -0.2) is 17.1 Å². The van der Waals surface area contributed by atoms with Crippen molar-refractivity contribution in [3.8, 4) is 17.0 Å². The summed E-state index contributed by atoms with van der Waals surface area (Å²) in [7, 11) is 0. The highest BCUT2D eigenvalue weighted by Gasteiger charge is 2.11. The largest absolute Gasteiger partial charge is 0.489 e. The van der Waals surface area contributed by atoms with Crippen molar-refractivity contribution in [1.29, 1.82) is 0 Å². The van der Waals surface area contributed by atoms with E-state index in [1.807, 2.05) is 54.6 Å². The van der Waals surface area contributed by atoms with E-state index in [9.17, 15) is 0 Å². The summed E-state index contributed by atoms with van der Waals surface area (Å²) in [6.45, 7) is 0.533. The molecule has 0 fully saturated rings. The third kappa shape index (κ3) is 3.42. The van der Waals surface area contributed by atoms with Gasteiger partial charge in [0.15, 0.2) is 5.58 Å². The normalized spacial score (nSPS) is 11.4. The van der Waals surface area contributed by atoms with Crippen LogP contribution in [-0.2, 0) is 0 Å². The number of alkyl halides is 1. The number of hydrogen-bond donors (Lipinski definition) is 0. The van der Waals surface area contributed by atoms with Gasteiger partial charge >= 0.3 is 0 Å². The van der Waals surface area contributed by atoms with Gasteiger partial charge < -0.3 is 9.26 Å². The van der Waals surface area contributed by atoms with Crippen molar-refractivity contribution in [3.63, 3.8) is 0 Å². The first-order valence-electron chi connectivity index (χ1n) is 6.77. The van der Waals surface area contributed by atoms with Crippen molar-refractivity contribution in [2.24, 2.45) is 0 Å². The van der Waals surface area contributed by atoms with Crippen LogP contribution in [0.3, 0.4) is 0 Å². The minimum Gasteiger partial charge on any atom is -0.489 e. The minimum atomic E-state index is 0.533. The number of allylic oxidation sites excluding steroid dienone is 1. The molecule has 5 heteroatoms. The van der Waals surface area contributed by atoms with Gasteiger partial charge in [-0.3, -0.25) is 0 Å².